The number of anilines is 3. The van der Waals surface area contributed by atoms with Gasteiger partial charge in [0, 0.05) is 27.8 Å². The van der Waals surface area contributed by atoms with E-state index in [2.05, 4.69) is 241 Å². The summed E-state index contributed by atoms with van der Waals surface area (Å²) in [6, 6.07) is 86.4. The molecule has 294 valence electrons. The van der Waals surface area contributed by atoms with Gasteiger partial charge in [-0.25, -0.2) is 0 Å². The molecule has 10 aromatic carbocycles. The van der Waals surface area contributed by atoms with Gasteiger partial charge < -0.3 is 9.32 Å². The van der Waals surface area contributed by atoms with Gasteiger partial charge in [0.25, 0.3) is 0 Å². The summed E-state index contributed by atoms with van der Waals surface area (Å²) in [5.74, 6) is 0. The number of fused-ring (bicyclic) bond motifs is 14. The van der Waals surface area contributed by atoms with Gasteiger partial charge in [-0.2, -0.15) is 0 Å². The molecule has 1 aromatic heterocycles. The van der Waals surface area contributed by atoms with Crippen LogP contribution in [0.4, 0.5) is 17.1 Å². The van der Waals surface area contributed by atoms with Gasteiger partial charge in [-0.05, 0) is 126 Å². The molecule has 0 unspecified atom stereocenters. The summed E-state index contributed by atoms with van der Waals surface area (Å²) in [7, 11) is 0. The van der Waals surface area contributed by atoms with Crippen LogP contribution < -0.4 is 4.90 Å². The van der Waals surface area contributed by atoms with Gasteiger partial charge in [-0.15, -0.1) is 0 Å². The van der Waals surface area contributed by atoms with E-state index in [9.17, 15) is 0 Å². The molecular formula is C61H39NO. The van der Waals surface area contributed by atoms with E-state index >= 15 is 0 Å². The van der Waals surface area contributed by atoms with Gasteiger partial charge >= 0.3 is 0 Å². The molecule has 2 heteroatoms. The lowest BCUT2D eigenvalue weighted by Gasteiger charge is -2.32. The molecule has 11 aromatic rings. The van der Waals surface area contributed by atoms with Gasteiger partial charge in [0.2, 0.25) is 0 Å². The maximum absolute atomic E-state index is 6.61. The summed E-state index contributed by atoms with van der Waals surface area (Å²) >= 11 is 0. The lowest BCUT2D eigenvalue weighted by atomic mass is 9.70. The van der Waals surface area contributed by atoms with Crippen LogP contribution >= 0.6 is 0 Å². The summed E-state index contributed by atoms with van der Waals surface area (Å²) in [5.41, 5.74) is 22.0. The van der Waals surface area contributed by atoms with Crippen molar-refractivity contribution in [1.29, 1.82) is 0 Å². The van der Waals surface area contributed by atoms with Crippen molar-refractivity contribution in [2.75, 3.05) is 4.90 Å². The number of benzene rings is 10. The van der Waals surface area contributed by atoms with Crippen LogP contribution in [0.1, 0.15) is 22.3 Å². The first-order valence-corrected chi connectivity index (χ1v) is 21.8. The second-order valence-electron chi connectivity index (χ2n) is 16.7. The molecule has 1 spiro atoms. The number of hydrogen-bond donors (Lipinski definition) is 0. The third kappa shape index (κ3) is 5.25. The molecule has 13 rings (SSSR count). The standard InChI is InChI=1S/C61H39NO/c1-4-15-40(16-5-1)42-27-31-45(32-28-42)62(46-33-29-43(30-34-46)41-17-6-2-7-18-41)47-35-36-50-55(39-47)61(54-37-38-57-60(59(50)54)51-22-11-13-26-56(51)63-57)52-24-12-10-21-49(52)58-48(23-14-25-53(58)61)44-19-8-3-9-20-44/h1-39H/t61-/m1/s1. The maximum Gasteiger partial charge on any atom is 0.136 e. The largest absolute Gasteiger partial charge is 0.456 e. The van der Waals surface area contributed by atoms with Gasteiger partial charge in [-0.1, -0.05) is 188 Å². The van der Waals surface area contributed by atoms with Gasteiger partial charge in [0.05, 0.1) is 5.41 Å². The summed E-state index contributed by atoms with van der Waals surface area (Å²) < 4.78 is 6.61. The smallest absolute Gasteiger partial charge is 0.136 e. The van der Waals surface area contributed by atoms with Crippen LogP contribution in [0.15, 0.2) is 241 Å². The molecule has 0 radical (unpaired) electrons. The molecule has 2 aliphatic carbocycles. The van der Waals surface area contributed by atoms with Crippen LogP contribution in [0.25, 0.3) is 77.6 Å². The topological polar surface area (TPSA) is 16.4 Å². The number of hydrogen-bond acceptors (Lipinski definition) is 2. The van der Waals surface area contributed by atoms with Crippen LogP contribution in [-0.4, -0.2) is 0 Å². The zero-order valence-electron chi connectivity index (χ0n) is 34.4. The van der Waals surface area contributed by atoms with E-state index in [1.165, 1.54) is 83.3 Å². The third-order valence-electron chi connectivity index (χ3n) is 13.5. The van der Waals surface area contributed by atoms with Crippen LogP contribution in [0.3, 0.4) is 0 Å². The fraction of sp³-hybridized carbons (Fsp3) is 0.0164. The zero-order valence-corrected chi connectivity index (χ0v) is 34.4. The third-order valence-corrected chi connectivity index (χ3v) is 13.5. The monoisotopic (exact) mass is 801 g/mol. The summed E-state index contributed by atoms with van der Waals surface area (Å²) in [5, 5.41) is 2.31. The van der Waals surface area contributed by atoms with Gasteiger partial charge in [0.15, 0.2) is 0 Å². The first kappa shape index (κ1) is 35.5. The molecule has 1 heterocycles. The van der Waals surface area contributed by atoms with E-state index in [1.54, 1.807) is 0 Å². The lowest BCUT2D eigenvalue weighted by molar-refractivity contribution is 0.668. The Morgan fingerprint density at radius 1 is 0.302 bits per heavy atom. The van der Waals surface area contributed by atoms with Crippen LogP contribution in [0.5, 0.6) is 0 Å². The SMILES string of the molecule is c1ccc(-c2ccc(N(c3ccc(-c4ccccc4)cc3)c3ccc4c(c3)[C@@]3(c5ccccc5-c5c(-c6ccccc6)cccc53)c3ccc5oc6ccccc6c5c3-4)cc2)cc1. The Hall–Kier alpha value is -8.20. The van der Waals surface area contributed by atoms with E-state index in [0.717, 1.165) is 33.6 Å². The molecule has 1 atom stereocenters. The Kier molecular flexibility index (Phi) is 7.85. The average Bonchev–Trinajstić information content (AvgIpc) is 3.99. The van der Waals surface area contributed by atoms with Crippen LogP contribution in [0.2, 0.25) is 0 Å². The highest BCUT2D eigenvalue weighted by Crippen LogP contribution is 2.66. The number of furan rings is 1. The van der Waals surface area contributed by atoms with Crippen LogP contribution in [-0.2, 0) is 5.41 Å². The molecule has 0 bridgehead atoms. The first-order valence-electron chi connectivity index (χ1n) is 21.8. The number of rotatable bonds is 6. The normalized spacial score (nSPS) is 14.4. The first-order chi connectivity index (χ1) is 31.3. The summed E-state index contributed by atoms with van der Waals surface area (Å²) in [6.45, 7) is 0. The Morgan fingerprint density at radius 2 is 0.810 bits per heavy atom. The molecule has 0 saturated heterocycles. The fourth-order valence-electron chi connectivity index (χ4n) is 10.8. The Bertz CT molecular complexity index is 3450. The fourth-order valence-corrected chi connectivity index (χ4v) is 10.8. The quantitative estimate of drug-likeness (QED) is 0.167. The molecule has 2 nitrogen and oxygen atoms in total. The number of nitrogens with zero attached hydrogens (tertiary/aromatic N) is 1. The van der Waals surface area contributed by atoms with Crippen molar-refractivity contribution in [3.05, 3.63) is 259 Å². The van der Waals surface area contributed by atoms with E-state index in [4.69, 9.17) is 4.42 Å². The highest BCUT2D eigenvalue weighted by atomic mass is 16.3. The highest BCUT2D eigenvalue weighted by Gasteiger charge is 2.53. The molecule has 0 fully saturated rings. The van der Waals surface area contributed by atoms with Crippen molar-refractivity contribution in [3.8, 4) is 55.6 Å². The van der Waals surface area contributed by atoms with E-state index in [-0.39, 0.29) is 0 Å². The van der Waals surface area contributed by atoms with Gasteiger partial charge in [0.1, 0.15) is 11.2 Å². The molecule has 2 aliphatic rings. The minimum Gasteiger partial charge on any atom is -0.456 e. The second-order valence-corrected chi connectivity index (χ2v) is 16.7. The zero-order chi connectivity index (χ0) is 41.5. The van der Waals surface area contributed by atoms with Crippen LogP contribution in [0, 0.1) is 0 Å². The minimum absolute atomic E-state index is 0.593. The lowest BCUT2D eigenvalue weighted by Crippen LogP contribution is -2.26. The molecule has 0 saturated carbocycles. The summed E-state index contributed by atoms with van der Waals surface area (Å²) in [6.07, 6.45) is 0. The van der Waals surface area contributed by atoms with Crippen molar-refractivity contribution in [2.24, 2.45) is 0 Å². The predicted octanol–water partition coefficient (Wildman–Crippen LogP) is 16.4. The Morgan fingerprint density at radius 3 is 1.49 bits per heavy atom. The van der Waals surface area contributed by atoms with E-state index < -0.39 is 5.41 Å². The highest BCUT2D eigenvalue weighted by molar-refractivity contribution is 6.16. The summed E-state index contributed by atoms with van der Waals surface area (Å²) in [4.78, 5) is 2.42. The molecular weight excluding hydrogens is 763 g/mol. The van der Waals surface area contributed by atoms with Crippen molar-refractivity contribution in [1.82, 2.24) is 0 Å². The minimum atomic E-state index is -0.593. The molecule has 0 amide bonds. The van der Waals surface area contributed by atoms with Gasteiger partial charge in [-0.3, -0.25) is 0 Å². The molecule has 0 N–H and O–H groups in total. The Balaban J connectivity index is 1.09. The van der Waals surface area contributed by atoms with Crippen molar-refractivity contribution < 1.29 is 4.42 Å². The molecule has 0 aliphatic heterocycles. The Labute approximate surface area is 366 Å². The average molecular weight is 802 g/mol. The molecule has 63 heavy (non-hydrogen) atoms. The van der Waals surface area contributed by atoms with Crippen molar-refractivity contribution in [3.63, 3.8) is 0 Å². The maximum atomic E-state index is 6.61. The number of para-hydroxylation sites is 1. The van der Waals surface area contributed by atoms with Crippen molar-refractivity contribution >= 4 is 39.0 Å². The predicted molar refractivity (Wildman–Crippen MR) is 261 cm³/mol. The van der Waals surface area contributed by atoms with E-state index in [0.29, 0.717) is 0 Å². The van der Waals surface area contributed by atoms with Crippen molar-refractivity contribution in [2.45, 2.75) is 5.41 Å². The van der Waals surface area contributed by atoms with E-state index in [1.807, 2.05) is 0 Å². The second kappa shape index (κ2) is 13.9.